The van der Waals surface area contributed by atoms with Crippen molar-refractivity contribution in [2.45, 2.75) is 25.9 Å². The molecular weight excluding hydrogens is 288 g/mol. The van der Waals surface area contributed by atoms with Crippen LogP contribution < -0.4 is 5.32 Å². The van der Waals surface area contributed by atoms with Gasteiger partial charge in [-0.15, -0.1) is 0 Å². The number of nitrogens with one attached hydrogen (secondary N) is 1. The van der Waals surface area contributed by atoms with E-state index in [1.54, 1.807) is 0 Å². The molecule has 0 spiro atoms. The monoisotopic (exact) mass is 308 g/mol. The van der Waals surface area contributed by atoms with Crippen LogP contribution in [0.3, 0.4) is 0 Å². The van der Waals surface area contributed by atoms with Gasteiger partial charge in [0.05, 0.1) is 0 Å². The maximum Gasteiger partial charge on any atom is 0.223 e. The standard InChI is InChI=1S/C18H20N4O/c23-18(15-7-11-22-16(13-15)5-8-20-22)19-9-12-21-10-6-14-3-1-2-4-17(14)21/h1-6,8,10,15H,7,9,11-13H2,(H,19,23). The van der Waals surface area contributed by atoms with Crippen LogP contribution in [0, 0.1) is 5.92 Å². The smallest absolute Gasteiger partial charge is 0.223 e. The molecule has 0 radical (unpaired) electrons. The summed E-state index contributed by atoms with van der Waals surface area (Å²) in [5, 5.41) is 8.58. The van der Waals surface area contributed by atoms with Crippen molar-refractivity contribution in [2.24, 2.45) is 5.92 Å². The molecule has 0 bridgehead atoms. The van der Waals surface area contributed by atoms with Gasteiger partial charge < -0.3 is 9.88 Å². The van der Waals surface area contributed by atoms with Gasteiger partial charge in [-0.3, -0.25) is 9.48 Å². The Balaban J connectivity index is 1.34. The van der Waals surface area contributed by atoms with Crippen molar-refractivity contribution >= 4 is 16.8 Å². The van der Waals surface area contributed by atoms with Gasteiger partial charge in [0, 0.05) is 55.6 Å². The van der Waals surface area contributed by atoms with Crippen LogP contribution in [0.4, 0.5) is 0 Å². The van der Waals surface area contributed by atoms with Crippen molar-refractivity contribution in [3.63, 3.8) is 0 Å². The number of carbonyl (C=O) groups is 1. The van der Waals surface area contributed by atoms with Crippen LogP contribution in [0.25, 0.3) is 10.9 Å². The summed E-state index contributed by atoms with van der Waals surface area (Å²) >= 11 is 0. The molecule has 2 aromatic heterocycles. The fraction of sp³-hybridized carbons (Fsp3) is 0.333. The van der Waals surface area contributed by atoms with Gasteiger partial charge in [0.15, 0.2) is 0 Å². The molecule has 3 aromatic rings. The molecule has 1 aliphatic rings. The number of para-hydroxylation sites is 1. The van der Waals surface area contributed by atoms with Crippen LogP contribution in [0.15, 0.2) is 48.8 Å². The van der Waals surface area contributed by atoms with E-state index in [2.05, 4.69) is 39.4 Å². The van der Waals surface area contributed by atoms with E-state index in [1.807, 2.05) is 29.1 Å². The first-order valence-corrected chi connectivity index (χ1v) is 8.13. The number of aryl methyl sites for hydroxylation is 1. The van der Waals surface area contributed by atoms with Crippen molar-refractivity contribution in [2.75, 3.05) is 6.54 Å². The van der Waals surface area contributed by atoms with Crippen molar-refractivity contribution in [3.8, 4) is 0 Å². The molecule has 5 heteroatoms. The molecule has 5 nitrogen and oxygen atoms in total. The number of carbonyl (C=O) groups excluding carboxylic acids is 1. The van der Waals surface area contributed by atoms with Crippen LogP contribution in [0.2, 0.25) is 0 Å². The summed E-state index contributed by atoms with van der Waals surface area (Å²) in [6, 6.07) is 12.4. The summed E-state index contributed by atoms with van der Waals surface area (Å²) < 4.78 is 4.18. The molecule has 0 fully saturated rings. The lowest BCUT2D eigenvalue weighted by atomic mass is 9.95. The molecule has 3 heterocycles. The number of amides is 1. The van der Waals surface area contributed by atoms with Crippen LogP contribution in [0.5, 0.6) is 0 Å². The fourth-order valence-corrected chi connectivity index (χ4v) is 3.37. The molecule has 23 heavy (non-hydrogen) atoms. The van der Waals surface area contributed by atoms with E-state index in [4.69, 9.17) is 0 Å². The van der Waals surface area contributed by atoms with Crippen LogP contribution in [0.1, 0.15) is 12.1 Å². The summed E-state index contributed by atoms with van der Waals surface area (Å²) in [7, 11) is 0. The van der Waals surface area contributed by atoms with Gasteiger partial charge in [0.25, 0.3) is 0 Å². The Kier molecular flexibility index (Phi) is 3.61. The molecule has 1 atom stereocenters. The Morgan fingerprint density at radius 1 is 1.26 bits per heavy atom. The minimum Gasteiger partial charge on any atom is -0.354 e. The van der Waals surface area contributed by atoms with Crippen molar-refractivity contribution < 1.29 is 4.79 Å². The number of hydrogen-bond donors (Lipinski definition) is 1. The number of hydrogen-bond acceptors (Lipinski definition) is 2. The molecule has 0 aliphatic carbocycles. The zero-order valence-corrected chi connectivity index (χ0v) is 13.0. The van der Waals surface area contributed by atoms with Gasteiger partial charge in [-0.1, -0.05) is 18.2 Å². The quantitative estimate of drug-likeness (QED) is 0.803. The summed E-state index contributed by atoms with van der Waals surface area (Å²) in [5.74, 6) is 0.231. The highest BCUT2D eigenvalue weighted by Crippen LogP contribution is 2.19. The molecule has 0 saturated carbocycles. The lowest BCUT2D eigenvalue weighted by molar-refractivity contribution is -0.125. The summed E-state index contributed by atoms with van der Waals surface area (Å²) in [6.45, 7) is 2.29. The molecule has 1 aliphatic heterocycles. The number of aromatic nitrogens is 3. The minimum atomic E-state index is 0.0700. The van der Waals surface area contributed by atoms with Crippen molar-refractivity contribution in [1.82, 2.24) is 19.7 Å². The second-order valence-corrected chi connectivity index (χ2v) is 6.09. The van der Waals surface area contributed by atoms with Crippen molar-refractivity contribution in [3.05, 3.63) is 54.5 Å². The Hall–Kier alpha value is -2.56. The maximum atomic E-state index is 12.4. The van der Waals surface area contributed by atoms with Crippen LogP contribution >= 0.6 is 0 Å². The molecule has 1 N–H and O–H groups in total. The number of rotatable bonds is 4. The first-order chi connectivity index (χ1) is 11.3. The van der Waals surface area contributed by atoms with E-state index in [0.717, 1.165) is 31.6 Å². The summed E-state index contributed by atoms with van der Waals surface area (Å²) in [4.78, 5) is 12.4. The minimum absolute atomic E-state index is 0.0700. The largest absolute Gasteiger partial charge is 0.354 e. The Morgan fingerprint density at radius 2 is 2.17 bits per heavy atom. The molecule has 1 aromatic carbocycles. The van der Waals surface area contributed by atoms with Gasteiger partial charge >= 0.3 is 0 Å². The lowest BCUT2D eigenvalue weighted by Crippen LogP contribution is -2.36. The second-order valence-electron chi connectivity index (χ2n) is 6.09. The van der Waals surface area contributed by atoms with Crippen LogP contribution in [-0.2, 0) is 24.3 Å². The van der Waals surface area contributed by atoms with Crippen molar-refractivity contribution in [1.29, 1.82) is 0 Å². The van der Waals surface area contributed by atoms with E-state index in [0.29, 0.717) is 6.54 Å². The SMILES string of the molecule is O=C(NCCn1ccc2ccccc21)C1CCn2nccc2C1. The lowest BCUT2D eigenvalue weighted by Gasteiger charge is -2.22. The van der Waals surface area contributed by atoms with Gasteiger partial charge in [0.1, 0.15) is 0 Å². The van der Waals surface area contributed by atoms with Gasteiger partial charge in [-0.05, 0) is 30.0 Å². The third kappa shape index (κ3) is 2.74. The molecule has 1 unspecified atom stereocenters. The van der Waals surface area contributed by atoms with Gasteiger partial charge in [-0.25, -0.2) is 0 Å². The number of nitrogens with zero attached hydrogens (tertiary/aromatic N) is 3. The first-order valence-electron chi connectivity index (χ1n) is 8.13. The van der Waals surface area contributed by atoms with E-state index < -0.39 is 0 Å². The predicted octanol–water partition coefficient (Wildman–Crippen LogP) is 2.22. The Bertz CT molecular complexity index is 832. The number of fused-ring (bicyclic) bond motifs is 2. The predicted molar refractivity (Wildman–Crippen MR) is 89.0 cm³/mol. The Labute approximate surface area is 134 Å². The Morgan fingerprint density at radius 3 is 3.13 bits per heavy atom. The molecule has 0 saturated heterocycles. The topological polar surface area (TPSA) is 51.9 Å². The zero-order chi connectivity index (χ0) is 15.6. The van der Waals surface area contributed by atoms with Gasteiger partial charge in [0.2, 0.25) is 5.91 Å². The summed E-state index contributed by atoms with van der Waals surface area (Å²) in [6.07, 6.45) is 5.55. The maximum absolute atomic E-state index is 12.4. The fourth-order valence-electron chi connectivity index (χ4n) is 3.37. The molecule has 4 rings (SSSR count). The average Bonchev–Trinajstić information content (AvgIpc) is 3.21. The van der Waals surface area contributed by atoms with Gasteiger partial charge in [-0.2, -0.15) is 5.10 Å². The third-order valence-electron chi connectivity index (χ3n) is 4.65. The summed E-state index contributed by atoms with van der Waals surface area (Å²) in [5.41, 5.74) is 2.37. The zero-order valence-electron chi connectivity index (χ0n) is 13.0. The third-order valence-corrected chi connectivity index (χ3v) is 4.65. The second kappa shape index (κ2) is 5.91. The highest BCUT2D eigenvalue weighted by molar-refractivity contribution is 5.80. The van der Waals surface area contributed by atoms with E-state index in [-0.39, 0.29) is 11.8 Å². The van der Waals surface area contributed by atoms with E-state index in [1.165, 1.54) is 10.9 Å². The molecular formula is C18H20N4O. The highest BCUT2D eigenvalue weighted by Gasteiger charge is 2.24. The average molecular weight is 308 g/mol. The molecule has 1 amide bonds. The van der Waals surface area contributed by atoms with Crippen LogP contribution in [-0.4, -0.2) is 26.8 Å². The number of benzene rings is 1. The highest BCUT2D eigenvalue weighted by atomic mass is 16.1. The van der Waals surface area contributed by atoms with E-state index >= 15 is 0 Å². The van der Waals surface area contributed by atoms with E-state index in [9.17, 15) is 4.79 Å². The normalized spacial score (nSPS) is 17.1. The molecule has 118 valence electrons. The first kappa shape index (κ1) is 14.1.